The van der Waals surface area contributed by atoms with E-state index in [1.54, 1.807) is 32.1 Å². The molecule has 0 amide bonds. The van der Waals surface area contributed by atoms with Crippen LogP contribution in [0.1, 0.15) is 57.6 Å². The fourth-order valence-electron chi connectivity index (χ4n) is 3.79. The van der Waals surface area contributed by atoms with Crippen LogP contribution in [-0.4, -0.2) is 39.3 Å². The van der Waals surface area contributed by atoms with Crippen LogP contribution < -0.4 is 9.47 Å². The number of halogens is 1. The number of fused-ring (bicyclic) bond motifs is 1. The zero-order valence-electron chi connectivity index (χ0n) is 18.6. The molecule has 0 spiro atoms. The molecule has 6 nitrogen and oxygen atoms in total. The Hall–Kier alpha value is -2.90. The van der Waals surface area contributed by atoms with Gasteiger partial charge in [0.15, 0.2) is 11.5 Å². The average molecular weight is 444 g/mol. The maximum atomic E-state index is 13.6. The van der Waals surface area contributed by atoms with E-state index in [0.29, 0.717) is 17.1 Å². The molecule has 0 radical (unpaired) electrons. The smallest absolute Gasteiger partial charge is 0.305 e. The Morgan fingerprint density at radius 3 is 2.41 bits per heavy atom. The summed E-state index contributed by atoms with van der Waals surface area (Å²) >= 11 is 0. The molecule has 1 heterocycles. The van der Waals surface area contributed by atoms with Crippen molar-refractivity contribution in [2.24, 2.45) is 0 Å². The molecule has 0 aromatic heterocycles. The Kier molecular flexibility index (Phi) is 6.91. The maximum Gasteiger partial charge on any atom is 0.305 e. The van der Waals surface area contributed by atoms with Crippen LogP contribution in [0.5, 0.6) is 11.5 Å². The van der Waals surface area contributed by atoms with E-state index >= 15 is 0 Å². The summed E-state index contributed by atoms with van der Waals surface area (Å²) in [6, 6.07) is 7.97. The van der Waals surface area contributed by atoms with Gasteiger partial charge in [-0.1, -0.05) is 38.1 Å². The fraction of sp³-hybridized carbons (Fsp3) is 0.400. The first-order valence-corrected chi connectivity index (χ1v) is 10.6. The van der Waals surface area contributed by atoms with Crippen molar-refractivity contribution in [1.82, 2.24) is 0 Å². The lowest BCUT2D eigenvalue weighted by atomic mass is 9.88. The standard InChI is InChI=1S/C25H29FO6/c1-14(2)20-13-21-24(32-25(3,4)31-21)23(15-5-7-16(26)8-6-15)19(20)10-9-17(27)11-18(28)12-22(29)30/h5-10,13-14,17-18,27-28H,11-12H2,1-4H3,(H,29,30). The van der Waals surface area contributed by atoms with Crippen molar-refractivity contribution in [3.05, 3.63) is 53.4 Å². The summed E-state index contributed by atoms with van der Waals surface area (Å²) in [7, 11) is 0. The van der Waals surface area contributed by atoms with Crippen LogP contribution in [0.15, 0.2) is 36.4 Å². The zero-order valence-corrected chi connectivity index (χ0v) is 18.6. The molecule has 0 fully saturated rings. The van der Waals surface area contributed by atoms with Crippen LogP contribution >= 0.6 is 0 Å². The van der Waals surface area contributed by atoms with Crippen molar-refractivity contribution < 1.29 is 34.0 Å². The van der Waals surface area contributed by atoms with Gasteiger partial charge in [-0.05, 0) is 40.8 Å². The highest BCUT2D eigenvalue weighted by Crippen LogP contribution is 2.50. The summed E-state index contributed by atoms with van der Waals surface area (Å²) in [4.78, 5) is 10.8. The second-order valence-corrected chi connectivity index (χ2v) is 8.76. The van der Waals surface area contributed by atoms with Gasteiger partial charge in [0.1, 0.15) is 5.82 Å². The van der Waals surface area contributed by atoms with E-state index in [1.807, 2.05) is 19.9 Å². The van der Waals surface area contributed by atoms with Gasteiger partial charge in [-0.25, -0.2) is 4.39 Å². The third kappa shape index (κ3) is 5.47. The quantitative estimate of drug-likeness (QED) is 0.545. The Bertz CT molecular complexity index is 1010. The van der Waals surface area contributed by atoms with Gasteiger partial charge >= 0.3 is 5.97 Å². The summed E-state index contributed by atoms with van der Waals surface area (Å²) in [5.41, 5.74) is 3.16. The molecule has 172 valence electrons. The normalized spacial score (nSPS) is 16.5. The Labute approximate surface area is 186 Å². The number of rotatable bonds is 8. The van der Waals surface area contributed by atoms with Gasteiger partial charge in [-0.2, -0.15) is 0 Å². The maximum absolute atomic E-state index is 13.6. The van der Waals surface area contributed by atoms with Gasteiger partial charge in [0.05, 0.1) is 18.6 Å². The first-order valence-electron chi connectivity index (χ1n) is 10.6. The van der Waals surface area contributed by atoms with Crippen molar-refractivity contribution in [3.8, 4) is 22.6 Å². The van der Waals surface area contributed by atoms with Gasteiger partial charge in [0, 0.05) is 25.8 Å². The summed E-state index contributed by atoms with van der Waals surface area (Å²) < 4.78 is 25.7. The predicted octanol–water partition coefficient (Wildman–Crippen LogP) is 4.72. The van der Waals surface area contributed by atoms with Gasteiger partial charge in [0.25, 0.3) is 0 Å². The predicted molar refractivity (Wildman–Crippen MR) is 119 cm³/mol. The minimum Gasteiger partial charge on any atom is -0.481 e. The minimum atomic E-state index is -1.16. The van der Waals surface area contributed by atoms with Crippen molar-refractivity contribution in [1.29, 1.82) is 0 Å². The third-order valence-electron chi connectivity index (χ3n) is 5.19. The Morgan fingerprint density at radius 1 is 1.16 bits per heavy atom. The molecule has 0 bridgehead atoms. The molecule has 2 aromatic carbocycles. The van der Waals surface area contributed by atoms with Crippen molar-refractivity contribution in [2.75, 3.05) is 0 Å². The number of hydrogen-bond acceptors (Lipinski definition) is 5. The number of aliphatic carboxylic acids is 1. The topological polar surface area (TPSA) is 96.2 Å². The number of aliphatic hydroxyl groups excluding tert-OH is 2. The molecule has 0 aliphatic carbocycles. The van der Waals surface area contributed by atoms with Crippen LogP contribution in [-0.2, 0) is 4.79 Å². The lowest BCUT2D eigenvalue weighted by Gasteiger charge is -2.19. The van der Waals surface area contributed by atoms with E-state index in [0.717, 1.165) is 16.7 Å². The Morgan fingerprint density at radius 2 is 1.81 bits per heavy atom. The van der Waals surface area contributed by atoms with Crippen molar-refractivity contribution >= 4 is 12.0 Å². The number of hydrogen-bond donors (Lipinski definition) is 3. The van der Waals surface area contributed by atoms with E-state index in [2.05, 4.69) is 0 Å². The highest BCUT2D eigenvalue weighted by atomic mass is 19.1. The van der Waals surface area contributed by atoms with Gasteiger partial charge in [-0.3, -0.25) is 4.79 Å². The highest BCUT2D eigenvalue weighted by Gasteiger charge is 2.36. The molecule has 7 heteroatoms. The fourth-order valence-corrected chi connectivity index (χ4v) is 3.79. The van der Waals surface area contributed by atoms with Gasteiger partial charge < -0.3 is 24.8 Å². The SMILES string of the molecule is CC(C)c1cc2c(c(-c3ccc(F)cc3)c1C=CC(O)CC(O)CC(=O)O)OC(C)(C)O2. The second kappa shape index (κ2) is 9.30. The summed E-state index contributed by atoms with van der Waals surface area (Å²) in [6.45, 7) is 7.67. The number of carbonyl (C=O) groups is 1. The zero-order chi connectivity index (χ0) is 23.6. The molecule has 0 saturated carbocycles. The summed E-state index contributed by atoms with van der Waals surface area (Å²) in [5, 5.41) is 29.0. The van der Waals surface area contributed by atoms with Gasteiger partial charge in [-0.15, -0.1) is 0 Å². The van der Waals surface area contributed by atoms with E-state index in [1.165, 1.54) is 18.2 Å². The molecule has 1 aliphatic rings. The van der Waals surface area contributed by atoms with Crippen LogP contribution in [0, 0.1) is 5.82 Å². The minimum absolute atomic E-state index is 0.0983. The van der Waals surface area contributed by atoms with Gasteiger partial charge in [0.2, 0.25) is 5.79 Å². The second-order valence-electron chi connectivity index (χ2n) is 8.76. The van der Waals surface area contributed by atoms with E-state index in [4.69, 9.17) is 14.6 Å². The summed E-state index contributed by atoms with van der Waals surface area (Å²) in [6.07, 6.45) is 0.497. The van der Waals surface area contributed by atoms with Crippen molar-refractivity contribution in [3.63, 3.8) is 0 Å². The molecule has 1 aliphatic heterocycles. The molecular weight excluding hydrogens is 415 g/mol. The molecule has 32 heavy (non-hydrogen) atoms. The number of carboxylic acid groups (broad SMARTS) is 1. The van der Waals surface area contributed by atoms with Crippen LogP contribution in [0.25, 0.3) is 17.2 Å². The molecule has 2 atom stereocenters. The third-order valence-corrected chi connectivity index (χ3v) is 5.19. The average Bonchev–Trinajstić information content (AvgIpc) is 2.98. The largest absolute Gasteiger partial charge is 0.481 e. The molecule has 3 rings (SSSR count). The van der Waals surface area contributed by atoms with Crippen LogP contribution in [0.3, 0.4) is 0 Å². The Balaban J connectivity index is 2.09. The van der Waals surface area contributed by atoms with Crippen LogP contribution in [0.2, 0.25) is 0 Å². The first-order chi connectivity index (χ1) is 15.0. The molecule has 0 saturated heterocycles. The molecule has 3 N–H and O–H groups in total. The van der Waals surface area contributed by atoms with E-state index in [-0.39, 0.29) is 18.2 Å². The van der Waals surface area contributed by atoms with E-state index < -0.39 is 30.4 Å². The lowest BCUT2D eigenvalue weighted by molar-refractivity contribution is -0.139. The first kappa shape index (κ1) is 23.8. The summed E-state index contributed by atoms with van der Waals surface area (Å²) in [5.74, 6) is -1.13. The number of benzene rings is 2. The molecule has 2 unspecified atom stereocenters. The number of carboxylic acids is 1. The van der Waals surface area contributed by atoms with E-state index in [9.17, 15) is 19.4 Å². The monoisotopic (exact) mass is 444 g/mol. The molecular formula is C25H29FO6. The lowest BCUT2D eigenvalue weighted by Crippen LogP contribution is -2.29. The highest BCUT2D eigenvalue weighted by molar-refractivity contribution is 5.85. The molecule has 2 aromatic rings. The number of ether oxygens (including phenoxy) is 2. The van der Waals surface area contributed by atoms with Crippen molar-refractivity contribution in [2.45, 2.75) is 64.4 Å². The number of aliphatic hydroxyl groups is 2. The van der Waals surface area contributed by atoms with Crippen LogP contribution in [0.4, 0.5) is 4.39 Å².